The summed E-state index contributed by atoms with van der Waals surface area (Å²) in [5.41, 5.74) is 0.808. The first-order chi connectivity index (χ1) is 10.0. The first-order valence-corrected chi connectivity index (χ1v) is 7.42. The highest BCUT2D eigenvalue weighted by Gasteiger charge is 2.15. The highest BCUT2D eigenvalue weighted by atomic mass is 16.1. The smallest absolute Gasteiger partial charge is 0.261 e. The number of fused-ring (bicyclic) bond motifs is 1. The van der Waals surface area contributed by atoms with Gasteiger partial charge in [0, 0.05) is 19.6 Å². The summed E-state index contributed by atoms with van der Waals surface area (Å²) in [6, 6.07) is 7.57. The Morgan fingerprint density at radius 1 is 1.33 bits per heavy atom. The zero-order chi connectivity index (χ0) is 15.4. The molecule has 5 nitrogen and oxygen atoms in total. The van der Waals surface area contributed by atoms with Crippen LogP contribution in [0.1, 0.15) is 25.7 Å². The largest absolute Gasteiger partial charge is 0.308 e. The molecule has 0 aliphatic heterocycles. The van der Waals surface area contributed by atoms with Gasteiger partial charge < -0.3 is 10.2 Å². The molecule has 2 aromatic rings. The average Bonchev–Trinajstić information content (AvgIpc) is 2.46. The van der Waals surface area contributed by atoms with Crippen molar-refractivity contribution in [1.29, 1.82) is 0 Å². The van der Waals surface area contributed by atoms with E-state index in [2.05, 4.69) is 17.1 Å². The molecule has 1 atom stereocenters. The van der Waals surface area contributed by atoms with Crippen molar-refractivity contribution in [3.63, 3.8) is 0 Å². The van der Waals surface area contributed by atoms with Crippen LogP contribution in [0.25, 0.3) is 10.9 Å². The van der Waals surface area contributed by atoms with Gasteiger partial charge in [0.15, 0.2) is 0 Å². The molecule has 0 fully saturated rings. The summed E-state index contributed by atoms with van der Waals surface area (Å²) in [6.45, 7) is 6.48. The lowest BCUT2D eigenvalue weighted by atomic mass is 10.2. The zero-order valence-corrected chi connectivity index (χ0v) is 13.3. The van der Waals surface area contributed by atoms with E-state index in [1.165, 1.54) is 0 Å². The third kappa shape index (κ3) is 3.49. The van der Waals surface area contributed by atoms with E-state index in [4.69, 9.17) is 4.98 Å². The van der Waals surface area contributed by atoms with Crippen LogP contribution >= 0.6 is 0 Å². The Morgan fingerprint density at radius 2 is 2.05 bits per heavy atom. The number of para-hydroxylation sites is 1. The molecule has 2 rings (SSSR count). The minimum atomic E-state index is 0.0411. The zero-order valence-electron chi connectivity index (χ0n) is 13.3. The van der Waals surface area contributed by atoms with Crippen molar-refractivity contribution < 1.29 is 0 Å². The van der Waals surface area contributed by atoms with E-state index < -0.39 is 0 Å². The minimum Gasteiger partial charge on any atom is -0.308 e. The number of benzene rings is 1. The number of aromatic nitrogens is 2. The maximum absolute atomic E-state index is 12.6. The second-order valence-corrected chi connectivity index (χ2v) is 5.52. The van der Waals surface area contributed by atoms with Crippen LogP contribution in [0, 0.1) is 0 Å². The molecule has 0 amide bonds. The van der Waals surface area contributed by atoms with Crippen LogP contribution in [0.5, 0.6) is 0 Å². The van der Waals surface area contributed by atoms with E-state index in [1.54, 1.807) is 4.57 Å². The fourth-order valence-electron chi connectivity index (χ4n) is 2.42. The SMILES string of the molecule is CCn1c([C@@H](C)NCCN(C)C)nc2ccccc2c1=O. The molecular formula is C16H24N4O. The van der Waals surface area contributed by atoms with Gasteiger partial charge in [-0.05, 0) is 40.1 Å². The Morgan fingerprint density at radius 3 is 2.71 bits per heavy atom. The van der Waals surface area contributed by atoms with E-state index in [9.17, 15) is 4.79 Å². The number of hydrogen-bond donors (Lipinski definition) is 1. The number of nitrogens with zero attached hydrogens (tertiary/aromatic N) is 3. The van der Waals surface area contributed by atoms with Crippen molar-refractivity contribution in [3.05, 3.63) is 40.4 Å². The lowest BCUT2D eigenvalue weighted by Crippen LogP contribution is -2.33. The molecule has 0 spiro atoms. The van der Waals surface area contributed by atoms with Crippen LogP contribution in [0.2, 0.25) is 0 Å². The molecule has 0 saturated carbocycles. The summed E-state index contributed by atoms with van der Waals surface area (Å²) in [7, 11) is 4.09. The van der Waals surface area contributed by atoms with Gasteiger partial charge >= 0.3 is 0 Å². The van der Waals surface area contributed by atoms with Crippen molar-refractivity contribution in [2.75, 3.05) is 27.2 Å². The van der Waals surface area contributed by atoms with Crippen LogP contribution in [-0.4, -0.2) is 41.6 Å². The van der Waals surface area contributed by atoms with E-state index in [0.717, 1.165) is 24.4 Å². The summed E-state index contributed by atoms with van der Waals surface area (Å²) >= 11 is 0. The molecule has 1 heterocycles. The number of rotatable bonds is 6. The van der Waals surface area contributed by atoms with Crippen molar-refractivity contribution in [2.24, 2.45) is 0 Å². The van der Waals surface area contributed by atoms with E-state index in [0.29, 0.717) is 11.9 Å². The van der Waals surface area contributed by atoms with Gasteiger partial charge in [0.1, 0.15) is 5.82 Å². The number of likely N-dealkylation sites (N-methyl/N-ethyl adjacent to an activating group) is 1. The van der Waals surface area contributed by atoms with Gasteiger partial charge in [-0.2, -0.15) is 0 Å². The minimum absolute atomic E-state index is 0.0411. The summed E-state index contributed by atoms with van der Waals surface area (Å²) in [6.07, 6.45) is 0. The maximum atomic E-state index is 12.6. The molecular weight excluding hydrogens is 264 g/mol. The van der Waals surface area contributed by atoms with Crippen molar-refractivity contribution in [2.45, 2.75) is 26.4 Å². The molecule has 0 aliphatic carbocycles. The first kappa shape index (κ1) is 15.7. The lowest BCUT2D eigenvalue weighted by Gasteiger charge is -2.19. The fourth-order valence-corrected chi connectivity index (χ4v) is 2.42. The van der Waals surface area contributed by atoms with Gasteiger partial charge in [-0.1, -0.05) is 12.1 Å². The summed E-state index contributed by atoms with van der Waals surface area (Å²) in [5.74, 6) is 0.806. The molecule has 114 valence electrons. The summed E-state index contributed by atoms with van der Waals surface area (Å²) in [4.78, 5) is 19.4. The van der Waals surface area contributed by atoms with Crippen molar-refractivity contribution >= 4 is 10.9 Å². The van der Waals surface area contributed by atoms with Crippen LogP contribution in [0.15, 0.2) is 29.1 Å². The molecule has 0 bridgehead atoms. The molecule has 1 aromatic carbocycles. The Bertz CT molecular complexity index is 663. The van der Waals surface area contributed by atoms with Gasteiger partial charge in [0.05, 0.1) is 16.9 Å². The topological polar surface area (TPSA) is 50.2 Å². The lowest BCUT2D eigenvalue weighted by molar-refractivity contribution is 0.383. The Kier molecular flexibility index (Phi) is 5.09. The number of nitrogens with one attached hydrogen (secondary N) is 1. The van der Waals surface area contributed by atoms with Crippen LogP contribution in [-0.2, 0) is 6.54 Å². The normalized spacial score (nSPS) is 13.0. The van der Waals surface area contributed by atoms with Crippen molar-refractivity contribution in [1.82, 2.24) is 19.8 Å². The van der Waals surface area contributed by atoms with Crippen molar-refractivity contribution in [3.8, 4) is 0 Å². The summed E-state index contributed by atoms with van der Waals surface area (Å²) in [5, 5.41) is 4.12. The molecule has 0 radical (unpaired) electrons. The van der Waals surface area contributed by atoms with Gasteiger partial charge in [0.2, 0.25) is 0 Å². The van der Waals surface area contributed by atoms with Gasteiger partial charge in [-0.25, -0.2) is 4.98 Å². The molecule has 1 N–H and O–H groups in total. The first-order valence-electron chi connectivity index (χ1n) is 7.42. The van der Waals surface area contributed by atoms with Crippen LogP contribution in [0.3, 0.4) is 0 Å². The van der Waals surface area contributed by atoms with E-state index in [-0.39, 0.29) is 11.6 Å². The van der Waals surface area contributed by atoms with Gasteiger partial charge in [0.25, 0.3) is 5.56 Å². The third-order valence-corrected chi connectivity index (χ3v) is 3.60. The molecule has 5 heteroatoms. The Hall–Kier alpha value is -1.72. The van der Waals surface area contributed by atoms with E-state index in [1.807, 2.05) is 45.3 Å². The number of hydrogen-bond acceptors (Lipinski definition) is 4. The average molecular weight is 288 g/mol. The molecule has 1 aromatic heterocycles. The third-order valence-electron chi connectivity index (χ3n) is 3.60. The van der Waals surface area contributed by atoms with Crippen LogP contribution in [0.4, 0.5) is 0 Å². The molecule has 21 heavy (non-hydrogen) atoms. The molecule has 0 unspecified atom stereocenters. The fraction of sp³-hybridized carbons (Fsp3) is 0.500. The van der Waals surface area contributed by atoms with Gasteiger partial charge in [-0.3, -0.25) is 9.36 Å². The summed E-state index contributed by atoms with van der Waals surface area (Å²) < 4.78 is 1.76. The predicted molar refractivity (Wildman–Crippen MR) is 86.6 cm³/mol. The molecule has 0 saturated heterocycles. The quantitative estimate of drug-likeness (QED) is 0.878. The Labute approximate surface area is 125 Å². The molecule has 0 aliphatic rings. The predicted octanol–water partition coefficient (Wildman–Crippen LogP) is 1.63. The highest BCUT2D eigenvalue weighted by molar-refractivity contribution is 5.77. The standard InChI is InChI=1S/C16H24N4O/c1-5-20-15(12(2)17-10-11-19(3)4)18-14-9-7-6-8-13(14)16(20)21/h6-9,12,17H,5,10-11H2,1-4H3/t12-/m1/s1. The van der Waals surface area contributed by atoms with Crippen LogP contribution < -0.4 is 10.9 Å². The van der Waals surface area contributed by atoms with E-state index >= 15 is 0 Å². The Balaban J connectivity index is 2.36. The van der Waals surface area contributed by atoms with Gasteiger partial charge in [-0.15, -0.1) is 0 Å². The maximum Gasteiger partial charge on any atom is 0.261 e. The second-order valence-electron chi connectivity index (χ2n) is 5.52. The highest BCUT2D eigenvalue weighted by Crippen LogP contribution is 2.13. The monoisotopic (exact) mass is 288 g/mol. The second kappa shape index (κ2) is 6.83.